The number of pyridine rings is 1. The minimum atomic E-state index is -1.47. The number of rotatable bonds is 11. The number of esters is 1. The van der Waals surface area contributed by atoms with Crippen LogP contribution in [-0.2, 0) is 28.5 Å². The van der Waals surface area contributed by atoms with Crippen LogP contribution in [0.3, 0.4) is 0 Å². The number of methoxy groups -OCH3 is 2. The van der Waals surface area contributed by atoms with Crippen LogP contribution in [0.2, 0.25) is 0 Å². The molecule has 3 saturated heterocycles. The first kappa shape index (κ1) is 37.9. The quantitative estimate of drug-likeness (QED) is 0.145. The fourth-order valence-corrected chi connectivity index (χ4v) is 9.43. The van der Waals surface area contributed by atoms with Crippen LogP contribution in [0.1, 0.15) is 35.6 Å². The summed E-state index contributed by atoms with van der Waals surface area (Å²) in [5.74, 6) is -0.466. The van der Waals surface area contributed by atoms with E-state index in [-0.39, 0.29) is 37.3 Å². The van der Waals surface area contributed by atoms with Crippen molar-refractivity contribution in [3.8, 4) is 28.7 Å². The number of aromatic nitrogens is 1. The number of fused-ring (bicyclic) bond motifs is 4. The summed E-state index contributed by atoms with van der Waals surface area (Å²) in [5, 5.41) is 25.9. The number of ether oxygens (including phenoxy) is 10. The zero-order valence-electron chi connectivity index (χ0n) is 30.0. The summed E-state index contributed by atoms with van der Waals surface area (Å²) in [7, 11) is 5.93. The minimum absolute atomic E-state index is 0.00104. The monoisotopic (exact) mass is 800 g/mol. The van der Waals surface area contributed by atoms with Crippen molar-refractivity contribution in [1.29, 1.82) is 0 Å². The van der Waals surface area contributed by atoms with Gasteiger partial charge in [0.15, 0.2) is 35.6 Å². The molecule has 3 fully saturated rings. The Balaban J connectivity index is 1.07. The number of nitrogens with one attached hydrogen (secondary N) is 1. The van der Waals surface area contributed by atoms with Gasteiger partial charge in [0.1, 0.15) is 29.4 Å². The van der Waals surface area contributed by atoms with E-state index in [9.17, 15) is 19.8 Å². The van der Waals surface area contributed by atoms with E-state index in [4.69, 9.17) is 47.4 Å². The Hall–Kier alpha value is -4.01. The second-order valence-electron chi connectivity index (χ2n) is 13.4. The summed E-state index contributed by atoms with van der Waals surface area (Å²) in [6.07, 6.45) is -6.02. The lowest BCUT2D eigenvalue weighted by atomic mass is 9.66. The molecule has 3 aromatic rings. The molecule has 10 atom stereocenters. The number of nitrogens with zero attached hydrogens (tertiary/aromatic N) is 1. The third-order valence-electron chi connectivity index (χ3n) is 10.2. The van der Waals surface area contributed by atoms with E-state index < -0.39 is 72.9 Å². The Morgan fingerprint density at radius 1 is 0.982 bits per heavy atom. The standard InChI is InChI=1S/C37H40N2O14S2/c1-17-46-15-26-34(50-17)30(40)31(41)36(51-26)52-32-20-13-23-22(48-16-49-23)12-19(20)28(29-21(32)14-47-35(29)42)18-10-24(44-2)33(25(11-18)45-3)53-37(43)39-8-9-54-55-27-6-4-5-7-38-27/h4-7,10-13,17,21,26,28-32,34,36,40-41H,8-9,14-16H2,1-3H3,(H,39,43). The van der Waals surface area contributed by atoms with Gasteiger partial charge in [0, 0.05) is 30.3 Å². The molecule has 18 heteroatoms. The highest BCUT2D eigenvalue weighted by molar-refractivity contribution is 8.76. The summed E-state index contributed by atoms with van der Waals surface area (Å²) < 4.78 is 58.4. The Labute approximate surface area is 323 Å². The van der Waals surface area contributed by atoms with Crippen molar-refractivity contribution in [2.24, 2.45) is 11.8 Å². The van der Waals surface area contributed by atoms with Gasteiger partial charge in [-0.05, 0) is 70.8 Å². The molecule has 2 aromatic carbocycles. The molecule has 10 unspecified atom stereocenters. The first-order valence-electron chi connectivity index (χ1n) is 17.7. The zero-order valence-corrected chi connectivity index (χ0v) is 31.6. The van der Waals surface area contributed by atoms with Crippen LogP contribution in [0.4, 0.5) is 4.79 Å². The minimum Gasteiger partial charge on any atom is -0.493 e. The lowest BCUT2D eigenvalue weighted by Gasteiger charge is -2.47. The number of aliphatic hydroxyl groups excluding tert-OH is 2. The van der Waals surface area contributed by atoms with Crippen molar-refractivity contribution in [3.05, 3.63) is 65.4 Å². The highest BCUT2D eigenvalue weighted by Crippen LogP contribution is 2.57. The molecule has 16 nitrogen and oxygen atoms in total. The Kier molecular flexibility index (Phi) is 11.2. The van der Waals surface area contributed by atoms with Crippen molar-refractivity contribution in [1.82, 2.24) is 10.3 Å². The van der Waals surface area contributed by atoms with Gasteiger partial charge in [-0.15, -0.1) is 0 Å². The van der Waals surface area contributed by atoms with E-state index in [1.807, 2.05) is 18.2 Å². The van der Waals surface area contributed by atoms with Gasteiger partial charge in [-0.2, -0.15) is 0 Å². The van der Waals surface area contributed by atoms with E-state index in [0.717, 1.165) is 5.03 Å². The molecular weight excluding hydrogens is 761 g/mol. The Morgan fingerprint density at radius 3 is 2.47 bits per heavy atom. The summed E-state index contributed by atoms with van der Waals surface area (Å²) in [6.45, 7) is 2.16. The molecule has 3 N–H and O–H groups in total. The number of hydrogen-bond donors (Lipinski definition) is 3. The number of carbonyl (C=O) groups excluding carboxylic acids is 2. The summed E-state index contributed by atoms with van der Waals surface area (Å²) >= 11 is 0. The van der Waals surface area contributed by atoms with E-state index in [1.165, 1.54) is 25.0 Å². The van der Waals surface area contributed by atoms with Gasteiger partial charge in [-0.1, -0.05) is 16.9 Å². The molecule has 8 rings (SSSR count). The molecular formula is C37H40N2O14S2. The molecule has 0 bridgehead atoms. The zero-order chi connectivity index (χ0) is 38.2. The third-order valence-corrected chi connectivity index (χ3v) is 12.4. The number of amides is 1. The van der Waals surface area contributed by atoms with Gasteiger partial charge in [-0.3, -0.25) is 4.79 Å². The molecule has 4 aliphatic heterocycles. The van der Waals surface area contributed by atoms with Gasteiger partial charge in [0.05, 0.1) is 39.5 Å². The first-order chi connectivity index (χ1) is 26.7. The van der Waals surface area contributed by atoms with Gasteiger partial charge in [-0.25, -0.2) is 9.78 Å². The van der Waals surface area contributed by atoms with Crippen LogP contribution in [0.15, 0.2) is 53.7 Å². The molecule has 55 heavy (non-hydrogen) atoms. The lowest BCUT2D eigenvalue weighted by molar-refractivity contribution is -0.364. The molecule has 1 aromatic heterocycles. The topological polar surface area (TPSA) is 192 Å². The molecule has 0 saturated carbocycles. The summed E-state index contributed by atoms with van der Waals surface area (Å²) in [5.41, 5.74) is 1.91. The molecule has 294 valence electrons. The molecule has 1 aliphatic carbocycles. The molecule has 5 aliphatic rings. The van der Waals surface area contributed by atoms with Crippen LogP contribution in [0, 0.1) is 11.8 Å². The van der Waals surface area contributed by atoms with Crippen LogP contribution >= 0.6 is 21.6 Å². The summed E-state index contributed by atoms with van der Waals surface area (Å²) in [6, 6.07) is 12.7. The molecule has 1 amide bonds. The summed E-state index contributed by atoms with van der Waals surface area (Å²) in [4.78, 5) is 30.9. The molecule has 0 spiro atoms. The lowest BCUT2D eigenvalue weighted by Crippen LogP contribution is -2.63. The maximum atomic E-state index is 13.7. The highest BCUT2D eigenvalue weighted by atomic mass is 33.1. The van der Waals surface area contributed by atoms with E-state index in [2.05, 4.69) is 10.3 Å². The number of aliphatic hydroxyl groups is 2. The average molecular weight is 801 g/mol. The number of benzene rings is 2. The number of cyclic esters (lactones) is 1. The largest absolute Gasteiger partial charge is 0.493 e. The van der Waals surface area contributed by atoms with Crippen molar-refractivity contribution in [2.45, 2.75) is 61.0 Å². The third kappa shape index (κ3) is 7.49. The average Bonchev–Trinajstić information content (AvgIpc) is 3.82. The van der Waals surface area contributed by atoms with Crippen LogP contribution < -0.4 is 29.0 Å². The van der Waals surface area contributed by atoms with Crippen LogP contribution in [0.5, 0.6) is 28.7 Å². The SMILES string of the molecule is COc1cc(C2c3cc4c(cc3C(OC3OC5COC(C)OC5C(O)C3O)C3COC(=O)C23)OCO4)cc(OC)c1OC(=O)NCCSSc1ccccn1. The van der Waals surface area contributed by atoms with E-state index in [1.54, 1.807) is 48.2 Å². The molecule has 0 radical (unpaired) electrons. The van der Waals surface area contributed by atoms with Crippen molar-refractivity contribution in [3.63, 3.8) is 0 Å². The van der Waals surface area contributed by atoms with E-state index >= 15 is 0 Å². The fourth-order valence-electron chi connectivity index (χ4n) is 7.64. The first-order valence-corrected chi connectivity index (χ1v) is 20.0. The van der Waals surface area contributed by atoms with E-state index in [0.29, 0.717) is 40.5 Å². The Morgan fingerprint density at radius 2 is 1.75 bits per heavy atom. The van der Waals surface area contributed by atoms with Gasteiger partial charge in [0.25, 0.3) is 0 Å². The number of hydrogen-bond acceptors (Lipinski definition) is 17. The van der Waals surface area contributed by atoms with Crippen molar-refractivity contribution in [2.75, 3.05) is 46.5 Å². The highest BCUT2D eigenvalue weighted by Gasteiger charge is 2.56. The smallest absolute Gasteiger partial charge is 0.412 e. The van der Waals surface area contributed by atoms with Crippen LogP contribution in [0.25, 0.3) is 0 Å². The van der Waals surface area contributed by atoms with Gasteiger partial charge in [0.2, 0.25) is 12.5 Å². The van der Waals surface area contributed by atoms with Crippen LogP contribution in [-0.4, -0.2) is 111 Å². The second kappa shape index (κ2) is 16.2. The fraction of sp³-hybridized carbons (Fsp3) is 0.486. The van der Waals surface area contributed by atoms with Crippen molar-refractivity contribution < 1.29 is 67.2 Å². The second-order valence-corrected chi connectivity index (χ2v) is 15.8. The normalized spacial score (nSPS) is 30.4. The van der Waals surface area contributed by atoms with Gasteiger partial charge >= 0.3 is 12.1 Å². The predicted octanol–water partition coefficient (Wildman–Crippen LogP) is 3.56. The number of carbonyl (C=O) groups is 2. The molecule has 5 heterocycles. The van der Waals surface area contributed by atoms with Gasteiger partial charge < -0.3 is 62.9 Å². The Bertz CT molecular complexity index is 1860. The van der Waals surface area contributed by atoms with Crippen molar-refractivity contribution >= 4 is 33.7 Å². The predicted molar refractivity (Wildman–Crippen MR) is 193 cm³/mol. The maximum Gasteiger partial charge on any atom is 0.412 e. The maximum absolute atomic E-state index is 13.7.